The van der Waals surface area contributed by atoms with Crippen molar-refractivity contribution in [1.82, 2.24) is 4.57 Å². The van der Waals surface area contributed by atoms with E-state index in [0.29, 0.717) is 11.4 Å². The summed E-state index contributed by atoms with van der Waals surface area (Å²) in [7, 11) is 0. The average molecular weight is 272 g/mol. The number of pyridine rings is 1. The number of hydrogen-bond donors (Lipinski definition) is 2. The summed E-state index contributed by atoms with van der Waals surface area (Å²) >= 11 is 0. The van der Waals surface area contributed by atoms with E-state index in [0.717, 1.165) is 0 Å². The van der Waals surface area contributed by atoms with Gasteiger partial charge in [0.05, 0.1) is 5.56 Å². The maximum Gasteiger partial charge on any atom is 0.337 e. The number of amides is 1. The van der Waals surface area contributed by atoms with Crippen molar-refractivity contribution < 1.29 is 14.7 Å². The molecule has 0 saturated carbocycles. The van der Waals surface area contributed by atoms with Crippen LogP contribution in [0.2, 0.25) is 0 Å². The maximum absolute atomic E-state index is 11.8. The molecule has 6 nitrogen and oxygen atoms in total. The van der Waals surface area contributed by atoms with Crippen molar-refractivity contribution in [3.63, 3.8) is 0 Å². The molecule has 102 valence electrons. The number of carbonyl (C=O) groups is 2. The van der Waals surface area contributed by atoms with Gasteiger partial charge in [-0.1, -0.05) is 0 Å². The van der Waals surface area contributed by atoms with E-state index in [1.54, 1.807) is 24.3 Å². The Morgan fingerprint density at radius 3 is 2.30 bits per heavy atom. The van der Waals surface area contributed by atoms with Crippen LogP contribution in [0.5, 0.6) is 0 Å². The molecule has 0 unspecified atom stereocenters. The molecule has 0 aliphatic heterocycles. The summed E-state index contributed by atoms with van der Waals surface area (Å²) in [5, 5.41) is 11.5. The molecule has 2 rings (SSSR count). The van der Waals surface area contributed by atoms with Crippen LogP contribution in [-0.2, 0) is 4.79 Å². The SMILES string of the molecule is CC(=O)Nc1ccc(-n2cc(C(=O)O)ccc2=O)cc1. The van der Waals surface area contributed by atoms with Crippen LogP contribution in [-0.4, -0.2) is 21.6 Å². The number of carboxylic acids is 1. The Kier molecular flexibility index (Phi) is 3.65. The molecule has 20 heavy (non-hydrogen) atoms. The van der Waals surface area contributed by atoms with Gasteiger partial charge in [0.25, 0.3) is 5.56 Å². The molecule has 1 heterocycles. The zero-order valence-electron chi connectivity index (χ0n) is 10.7. The highest BCUT2D eigenvalue weighted by Crippen LogP contribution is 2.12. The second-order valence-corrected chi connectivity index (χ2v) is 4.16. The minimum Gasteiger partial charge on any atom is -0.478 e. The number of nitrogens with zero attached hydrogens (tertiary/aromatic N) is 1. The molecule has 0 fully saturated rings. The molecule has 0 atom stereocenters. The van der Waals surface area contributed by atoms with E-state index in [-0.39, 0.29) is 17.0 Å². The predicted molar refractivity (Wildman–Crippen MR) is 73.3 cm³/mol. The highest BCUT2D eigenvalue weighted by molar-refractivity contribution is 5.88. The molecule has 1 amide bonds. The van der Waals surface area contributed by atoms with Gasteiger partial charge in [-0.2, -0.15) is 0 Å². The number of aromatic carboxylic acids is 1. The van der Waals surface area contributed by atoms with E-state index in [1.165, 1.54) is 29.8 Å². The first-order chi connectivity index (χ1) is 9.47. The van der Waals surface area contributed by atoms with Gasteiger partial charge < -0.3 is 10.4 Å². The molecule has 6 heteroatoms. The Bertz CT molecular complexity index is 717. The summed E-state index contributed by atoms with van der Waals surface area (Å²) in [5.41, 5.74) is 0.814. The topological polar surface area (TPSA) is 88.4 Å². The smallest absolute Gasteiger partial charge is 0.337 e. The fourth-order valence-corrected chi connectivity index (χ4v) is 1.72. The van der Waals surface area contributed by atoms with Crippen molar-refractivity contribution in [3.05, 3.63) is 58.5 Å². The summed E-state index contributed by atoms with van der Waals surface area (Å²) in [6, 6.07) is 8.97. The van der Waals surface area contributed by atoms with Crippen LogP contribution in [0.1, 0.15) is 17.3 Å². The Morgan fingerprint density at radius 2 is 1.75 bits per heavy atom. The molecule has 1 aromatic carbocycles. The standard InChI is InChI=1S/C14H12N2O4/c1-9(17)15-11-3-5-12(6-4-11)16-8-10(14(19)20)2-7-13(16)18/h2-8H,1H3,(H,15,17)(H,19,20). The highest BCUT2D eigenvalue weighted by Gasteiger charge is 2.06. The second-order valence-electron chi connectivity index (χ2n) is 4.16. The summed E-state index contributed by atoms with van der Waals surface area (Å²) in [6.45, 7) is 1.40. The Morgan fingerprint density at radius 1 is 1.10 bits per heavy atom. The normalized spacial score (nSPS) is 10.1. The number of aromatic nitrogens is 1. The van der Waals surface area contributed by atoms with Crippen LogP contribution < -0.4 is 10.9 Å². The van der Waals surface area contributed by atoms with Crippen molar-refractivity contribution in [2.45, 2.75) is 6.92 Å². The lowest BCUT2D eigenvalue weighted by Gasteiger charge is -2.08. The largest absolute Gasteiger partial charge is 0.478 e. The fraction of sp³-hybridized carbons (Fsp3) is 0.0714. The molecule has 0 aliphatic rings. The van der Waals surface area contributed by atoms with Gasteiger partial charge >= 0.3 is 5.97 Å². The number of carboxylic acid groups (broad SMARTS) is 1. The number of hydrogen-bond acceptors (Lipinski definition) is 3. The first kappa shape index (κ1) is 13.5. The van der Waals surface area contributed by atoms with Crippen molar-refractivity contribution >= 4 is 17.6 Å². The highest BCUT2D eigenvalue weighted by atomic mass is 16.4. The van der Waals surface area contributed by atoms with Gasteiger partial charge in [-0.25, -0.2) is 4.79 Å². The van der Waals surface area contributed by atoms with Gasteiger partial charge in [0, 0.05) is 30.6 Å². The molecule has 2 N–H and O–H groups in total. The lowest BCUT2D eigenvalue weighted by molar-refractivity contribution is -0.114. The third-order valence-corrected chi connectivity index (χ3v) is 2.62. The van der Waals surface area contributed by atoms with E-state index in [4.69, 9.17) is 5.11 Å². The minimum absolute atomic E-state index is 0.0236. The van der Waals surface area contributed by atoms with Crippen LogP contribution in [0.25, 0.3) is 5.69 Å². The summed E-state index contributed by atoms with van der Waals surface area (Å²) in [6.07, 6.45) is 1.26. The van der Waals surface area contributed by atoms with Gasteiger partial charge in [0.2, 0.25) is 5.91 Å². The third kappa shape index (κ3) is 2.92. The predicted octanol–water partition coefficient (Wildman–Crippen LogP) is 1.49. The van der Waals surface area contributed by atoms with Crippen LogP contribution in [0.3, 0.4) is 0 Å². The number of nitrogens with one attached hydrogen (secondary N) is 1. The van der Waals surface area contributed by atoms with E-state index >= 15 is 0 Å². The molecule has 0 spiro atoms. The summed E-state index contributed by atoms with van der Waals surface area (Å²) in [4.78, 5) is 33.6. The molecular weight excluding hydrogens is 260 g/mol. The van der Waals surface area contributed by atoms with Gasteiger partial charge in [-0.15, -0.1) is 0 Å². The third-order valence-electron chi connectivity index (χ3n) is 2.62. The van der Waals surface area contributed by atoms with Gasteiger partial charge in [-0.3, -0.25) is 14.2 Å². The first-order valence-electron chi connectivity index (χ1n) is 5.81. The fourth-order valence-electron chi connectivity index (χ4n) is 1.72. The zero-order chi connectivity index (χ0) is 14.7. The van der Waals surface area contributed by atoms with Crippen molar-refractivity contribution in [2.24, 2.45) is 0 Å². The Balaban J connectivity index is 2.41. The minimum atomic E-state index is -1.10. The first-order valence-corrected chi connectivity index (χ1v) is 5.81. The summed E-state index contributed by atoms with van der Waals surface area (Å²) < 4.78 is 1.24. The van der Waals surface area contributed by atoms with E-state index < -0.39 is 5.97 Å². The van der Waals surface area contributed by atoms with Crippen LogP contribution in [0, 0.1) is 0 Å². The van der Waals surface area contributed by atoms with Gasteiger partial charge in [-0.05, 0) is 30.3 Å². The average Bonchev–Trinajstić information content (AvgIpc) is 2.39. The molecule has 0 aliphatic carbocycles. The Hall–Kier alpha value is -2.89. The number of benzene rings is 1. The lowest BCUT2D eigenvalue weighted by atomic mass is 10.2. The molecule has 0 bridgehead atoms. The van der Waals surface area contributed by atoms with Crippen molar-refractivity contribution in [2.75, 3.05) is 5.32 Å². The Labute approximate surface area is 114 Å². The molecule has 0 radical (unpaired) electrons. The van der Waals surface area contributed by atoms with Crippen molar-refractivity contribution in [3.8, 4) is 5.69 Å². The van der Waals surface area contributed by atoms with E-state index in [1.807, 2.05) is 0 Å². The van der Waals surface area contributed by atoms with Crippen LogP contribution in [0.15, 0.2) is 47.4 Å². The van der Waals surface area contributed by atoms with Gasteiger partial charge in [0.1, 0.15) is 0 Å². The molecular formula is C14H12N2O4. The van der Waals surface area contributed by atoms with Crippen LogP contribution >= 0.6 is 0 Å². The van der Waals surface area contributed by atoms with Gasteiger partial charge in [0.15, 0.2) is 0 Å². The monoisotopic (exact) mass is 272 g/mol. The summed E-state index contributed by atoms with van der Waals surface area (Å²) in [5.74, 6) is -1.29. The van der Waals surface area contributed by atoms with E-state index in [2.05, 4.69) is 5.32 Å². The maximum atomic E-state index is 11.8. The quantitative estimate of drug-likeness (QED) is 0.886. The molecule has 1 aromatic heterocycles. The number of rotatable bonds is 3. The zero-order valence-corrected chi connectivity index (χ0v) is 10.7. The molecule has 0 saturated heterocycles. The molecule has 2 aromatic rings. The number of carbonyl (C=O) groups excluding carboxylic acids is 1. The number of anilines is 1. The van der Waals surface area contributed by atoms with Crippen molar-refractivity contribution in [1.29, 1.82) is 0 Å². The van der Waals surface area contributed by atoms with E-state index in [9.17, 15) is 14.4 Å². The second kappa shape index (κ2) is 5.40. The van der Waals surface area contributed by atoms with Crippen LogP contribution in [0.4, 0.5) is 5.69 Å². The lowest BCUT2D eigenvalue weighted by Crippen LogP contribution is -2.18.